The Morgan fingerprint density at radius 1 is 1.31 bits per heavy atom. The number of nitrogens with zero attached hydrogens (tertiary/aromatic N) is 3. The molecule has 0 atom stereocenters. The fourth-order valence-corrected chi connectivity index (χ4v) is 1.64. The van der Waals surface area contributed by atoms with Crippen LogP contribution in [0, 0.1) is 6.92 Å². The number of nitrogens with one attached hydrogen (secondary N) is 1. The summed E-state index contributed by atoms with van der Waals surface area (Å²) < 4.78 is 1.82. The molecule has 0 spiro atoms. The molecule has 16 heavy (non-hydrogen) atoms. The molecule has 0 aliphatic heterocycles. The first-order valence-electron chi connectivity index (χ1n) is 5.86. The van der Waals surface area contributed by atoms with Gasteiger partial charge < -0.3 is 5.32 Å². The molecule has 4 heteroatoms. The van der Waals surface area contributed by atoms with Gasteiger partial charge in [-0.25, -0.2) is 4.52 Å². The molecule has 0 aliphatic rings. The lowest BCUT2D eigenvalue weighted by atomic mass is 10.2. The number of hydrogen-bond donors (Lipinski definition) is 1. The molecular formula is C12H18N4. The van der Waals surface area contributed by atoms with Gasteiger partial charge in [-0.3, -0.25) is 0 Å². The van der Waals surface area contributed by atoms with Crippen LogP contribution in [0.15, 0.2) is 18.3 Å². The predicted octanol–water partition coefficient (Wildman–Crippen LogP) is 2.64. The number of anilines is 1. The van der Waals surface area contributed by atoms with Crippen LogP contribution in [0.25, 0.3) is 5.65 Å². The minimum atomic E-state index is 0.724. The molecule has 1 N–H and O–H groups in total. The first-order chi connectivity index (χ1) is 7.79. The molecule has 0 amide bonds. The highest BCUT2D eigenvalue weighted by atomic mass is 15.3. The third-order valence-corrected chi connectivity index (χ3v) is 2.54. The van der Waals surface area contributed by atoms with Crippen LogP contribution in [0.3, 0.4) is 0 Å². The fraction of sp³-hybridized carbons (Fsp3) is 0.500. The number of fused-ring (bicyclic) bond motifs is 1. The van der Waals surface area contributed by atoms with Gasteiger partial charge in [0.15, 0.2) is 5.65 Å². The van der Waals surface area contributed by atoms with E-state index in [4.69, 9.17) is 0 Å². The lowest BCUT2D eigenvalue weighted by molar-refractivity contribution is 0.740. The Kier molecular flexibility index (Phi) is 3.39. The molecule has 2 heterocycles. The number of aromatic nitrogens is 3. The Bertz CT molecular complexity index is 461. The van der Waals surface area contributed by atoms with Crippen molar-refractivity contribution >= 4 is 11.6 Å². The molecule has 0 aliphatic carbocycles. The van der Waals surface area contributed by atoms with Crippen molar-refractivity contribution in [2.24, 2.45) is 0 Å². The van der Waals surface area contributed by atoms with Gasteiger partial charge >= 0.3 is 0 Å². The highest BCUT2D eigenvalue weighted by Crippen LogP contribution is 2.07. The molecule has 0 bridgehead atoms. The summed E-state index contributed by atoms with van der Waals surface area (Å²) in [5.41, 5.74) is 2.08. The van der Waals surface area contributed by atoms with E-state index in [0.29, 0.717) is 0 Å². The van der Waals surface area contributed by atoms with Crippen molar-refractivity contribution in [3.8, 4) is 0 Å². The van der Waals surface area contributed by atoms with E-state index in [1.165, 1.54) is 24.8 Å². The second-order valence-corrected chi connectivity index (χ2v) is 4.08. The van der Waals surface area contributed by atoms with E-state index in [-0.39, 0.29) is 0 Å². The predicted molar refractivity (Wildman–Crippen MR) is 65.7 cm³/mol. The van der Waals surface area contributed by atoms with Crippen LogP contribution in [-0.4, -0.2) is 21.1 Å². The highest BCUT2D eigenvalue weighted by molar-refractivity contribution is 5.43. The topological polar surface area (TPSA) is 42.2 Å². The minimum absolute atomic E-state index is 0.724. The van der Waals surface area contributed by atoms with Gasteiger partial charge in [0.25, 0.3) is 0 Å². The maximum atomic E-state index is 4.39. The smallest absolute Gasteiger partial charge is 0.243 e. The van der Waals surface area contributed by atoms with Crippen molar-refractivity contribution in [3.63, 3.8) is 0 Å². The maximum Gasteiger partial charge on any atom is 0.243 e. The second-order valence-electron chi connectivity index (χ2n) is 4.08. The van der Waals surface area contributed by atoms with Crippen molar-refractivity contribution < 1.29 is 0 Å². The first-order valence-corrected chi connectivity index (χ1v) is 5.86. The normalized spacial score (nSPS) is 10.9. The van der Waals surface area contributed by atoms with E-state index in [0.717, 1.165) is 18.1 Å². The number of rotatable bonds is 5. The molecule has 2 aromatic heterocycles. The van der Waals surface area contributed by atoms with Crippen LogP contribution in [0.4, 0.5) is 5.95 Å². The van der Waals surface area contributed by atoms with E-state index in [1.807, 2.05) is 22.8 Å². The third kappa shape index (κ3) is 2.51. The van der Waals surface area contributed by atoms with E-state index >= 15 is 0 Å². The Morgan fingerprint density at radius 3 is 3.00 bits per heavy atom. The lowest BCUT2D eigenvalue weighted by Crippen LogP contribution is -2.02. The summed E-state index contributed by atoms with van der Waals surface area (Å²) in [6.07, 6.45) is 5.64. The standard InChI is InChI=1S/C12H18N4/c1-3-4-5-8-13-12-14-11-7-6-10(2)9-16(11)15-12/h6-7,9H,3-5,8H2,1-2H3,(H,13,15). The van der Waals surface area contributed by atoms with Gasteiger partial charge in [-0.15, -0.1) is 5.10 Å². The summed E-state index contributed by atoms with van der Waals surface area (Å²) in [5, 5.41) is 7.61. The van der Waals surface area contributed by atoms with Crippen LogP contribution in [0.1, 0.15) is 31.7 Å². The molecule has 4 nitrogen and oxygen atoms in total. The zero-order chi connectivity index (χ0) is 11.4. The second kappa shape index (κ2) is 4.96. The minimum Gasteiger partial charge on any atom is -0.353 e. The zero-order valence-corrected chi connectivity index (χ0v) is 9.90. The van der Waals surface area contributed by atoms with Crippen molar-refractivity contribution in [1.82, 2.24) is 14.6 Å². The lowest BCUT2D eigenvalue weighted by Gasteiger charge is -1.98. The Labute approximate surface area is 95.7 Å². The van der Waals surface area contributed by atoms with Gasteiger partial charge in [-0.05, 0) is 25.0 Å². The number of hydrogen-bond acceptors (Lipinski definition) is 3. The average molecular weight is 218 g/mol. The van der Waals surface area contributed by atoms with Gasteiger partial charge in [0.1, 0.15) is 0 Å². The quantitative estimate of drug-likeness (QED) is 0.784. The van der Waals surface area contributed by atoms with Crippen LogP contribution in [0.5, 0.6) is 0 Å². The average Bonchev–Trinajstić information content (AvgIpc) is 2.66. The SMILES string of the molecule is CCCCCNc1nc2ccc(C)cn2n1. The van der Waals surface area contributed by atoms with Gasteiger partial charge in [-0.2, -0.15) is 4.98 Å². The fourth-order valence-electron chi connectivity index (χ4n) is 1.64. The van der Waals surface area contributed by atoms with Crippen molar-refractivity contribution in [3.05, 3.63) is 23.9 Å². The van der Waals surface area contributed by atoms with Crippen LogP contribution in [0.2, 0.25) is 0 Å². The highest BCUT2D eigenvalue weighted by Gasteiger charge is 2.01. The third-order valence-electron chi connectivity index (χ3n) is 2.54. The van der Waals surface area contributed by atoms with E-state index in [2.05, 4.69) is 29.2 Å². The van der Waals surface area contributed by atoms with Crippen molar-refractivity contribution in [2.75, 3.05) is 11.9 Å². The number of pyridine rings is 1. The van der Waals surface area contributed by atoms with Gasteiger partial charge in [-0.1, -0.05) is 25.8 Å². The Morgan fingerprint density at radius 2 is 2.19 bits per heavy atom. The molecule has 0 radical (unpaired) electrons. The monoisotopic (exact) mass is 218 g/mol. The first kappa shape index (κ1) is 10.9. The largest absolute Gasteiger partial charge is 0.353 e. The molecule has 86 valence electrons. The Balaban J connectivity index is 2.02. The maximum absolute atomic E-state index is 4.39. The van der Waals surface area contributed by atoms with Gasteiger partial charge in [0.05, 0.1) is 0 Å². The molecule has 0 saturated carbocycles. The summed E-state index contributed by atoms with van der Waals surface area (Å²) in [6.45, 7) is 5.20. The molecule has 2 rings (SSSR count). The van der Waals surface area contributed by atoms with Crippen LogP contribution >= 0.6 is 0 Å². The molecule has 2 aromatic rings. The van der Waals surface area contributed by atoms with Crippen molar-refractivity contribution in [1.29, 1.82) is 0 Å². The molecule has 0 aromatic carbocycles. The van der Waals surface area contributed by atoms with Crippen molar-refractivity contribution in [2.45, 2.75) is 33.1 Å². The van der Waals surface area contributed by atoms with Gasteiger partial charge in [0.2, 0.25) is 5.95 Å². The molecular weight excluding hydrogens is 200 g/mol. The summed E-state index contributed by atoms with van der Waals surface area (Å²) >= 11 is 0. The number of aryl methyl sites for hydroxylation is 1. The van der Waals surface area contributed by atoms with E-state index in [1.54, 1.807) is 0 Å². The summed E-state index contributed by atoms with van der Waals surface area (Å²) in [5.74, 6) is 0.724. The Hall–Kier alpha value is -1.58. The zero-order valence-electron chi connectivity index (χ0n) is 9.90. The molecule has 0 unspecified atom stereocenters. The number of unbranched alkanes of at least 4 members (excludes halogenated alkanes) is 2. The van der Waals surface area contributed by atoms with Crippen LogP contribution in [-0.2, 0) is 0 Å². The van der Waals surface area contributed by atoms with E-state index in [9.17, 15) is 0 Å². The summed E-state index contributed by atoms with van der Waals surface area (Å²) in [7, 11) is 0. The molecule has 0 saturated heterocycles. The molecule has 0 fully saturated rings. The summed E-state index contributed by atoms with van der Waals surface area (Å²) in [4.78, 5) is 4.39. The summed E-state index contributed by atoms with van der Waals surface area (Å²) in [6, 6.07) is 4.03. The van der Waals surface area contributed by atoms with E-state index < -0.39 is 0 Å². The van der Waals surface area contributed by atoms with Gasteiger partial charge in [0, 0.05) is 12.7 Å². The van der Waals surface area contributed by atoms with Crippen LogP contribution < -0.4 is 5.32 Å².